The number of carbonyl (C=O) groups excluding carboxylic acids is 6. The van der Waals surface area contributed by atoms with Crippen LogP contribution in [0.15, 0.2) is 154 Å². The summed E-state index contributed by atoms with van der Waals surface area (Å²) in [6.45, 7) is 42.8. The Labute approximate surface area is 543 Å². The lowest BCUT2D eigenvalue weighted by molar-refractivity contribution is -0.146. The van der Waals surface area contributed by atoms with Crippen molar-refractivity contribution < 1.29 is 57.2 Å². The first-order valence-corrected chi connectivity index (χ1v) is 31.7. The Hall–Kier alpha value is -7.36. The molecule has 0 aromatic heterocycles. The number of ether oxygens (including phenoxy) is 6. The number of nitrogens with one attached hydrogen (secondary N) is 4. The molecule has 0 spiro atoms. The van der Waals surface area contributed by atoms with Crippen molar-refractivity contribution in [1.29, 1.82) is 0 Å². The lowest BCUT2D eigenvalue weighted by atomic mass is 10.1. The minimum absolute atomic E-state index is 0.127. The Morgan fingerprint density at radius 2 is 0.711 bits per heavy atom. The van der Waals surface area contributed by atoms with Gasteiger partial charge in [-0.1, -0.05) is 143 Å². The number of unbranched alkanes of at least 4 members (excludes halogenated alkanes) is 2. The topological polar surface area (TPSA) is 206 Å². The molecule has 0 heterocycles. The van der Waals surface area contributed by atoms with Crippen LogP contribution in [0.2, 0.25) is 0 Å². The van der Waals surface area contributed by atoms with Gasteiger partial charge in [0.25, 0.3) is 0 Å². The van der Waals surface area contributed by atoms with E-state index in [-0.39, 0.29) is 13.2 Å². The largest absolute Gasteiger partial charge is 0.460 e. The molecule has 16 nitrogen and oxygen atoms in total. The molecule has 4 amide bonds. The highest BCUT2D eigenvalue weighted by Gasteiger charge is 2.27. The van der Waals surface area contributed by atoms with E-state index in [4.69, 9.17) is 28.4 Å². The van der Waals surface area contributed by atoms with Crippen LogP contribution in [-0.4, -0.2) is 97.1 Å². The van der Waals surface area contributed by atoms with E-state index in [1.54, 1.807) is 83.1 Å². The first-order valence-electron chi connectivity index (χ1n) is 31.7. The molecular formula is C74H118N4O12. The fourth-order valence-electron chi connectivity index (χ4n) is 7.25. The summed E-state index contributed by atoms with van der Waals surface area (Å²) in [4.78, 5) is 74.1. The van der Waals surface area contributed by atoms with Crippen LogP contribution in [0.3, 0.4) is 0 Å². The van der Waals surface area contributed by atoms with Crippen LogP contribution in [0, 0.1) is 0 Å². The molecule has 0 rings (SSSR count). The second-order valence-corrected chi connectivity index (χ2v) is 26.6. The van der Waals surface area contributed by atoms with Crippen LogP contribution in [-0.2, 0) is 38.0 Å². The van der Waals surface area contributed by atoms with Gasteiger partial charge in [-0.15, -0.1) is 0 Å². The molecule has 0 aliphatic rings. The van der Waals surface area contributed by atoms with Crippen molar-refractivity contribution >= 4 is 36.3 Å². The molecule has 16 heteroatoms. The van der Waals surface area contributed by atoms with Gasteiger partial charge in [0, 0.05) is 13.1 Å². The molecule has 4 N–H and O–H groups in total. The molecule has 506 valence electrons. The lowest BCUT2D eigenvalue weighted by Gasteiger charge is -2.23. The fourth-order valence-corrected chi connectivity index (χ4v) is 7.25. The highest BCUT2D eigenvalue weighted by Crippen LogP contribution is 2.15. The summed E-state index contributed by atoms with van der Waals surface area (Å²) in [7, 11) is 0. The number of allylic oxidation sites excluding steroid dienone is 24. The predicted molar refractivity (Wildman–Crippen MR) is 370 cm³/mol. The smallest absolute Gasteiger partial charge is 0.408 e. The molecule has 2 unspecified atom stereocenters. The molecule has 0 fully saturated rings. The quantitative estimate of drug-likeness (QED) is 0.0159. The van der Waals surface area contributed by atoms with Crippen molar-refractivity contribution in [2.24, 2.45) is 0 Å². The summed E-state index contributed by atoms with van der Waals surface area (Å²) in [5, 5.41) is 10.7. The summed E-state index contributed by atoms with van der Waals surface area (Å²) in [5.74, 6) is -1.05. The maximum absolute atomic E-state index is 13.0. The minimum atomic E-state index is -0.875. The Bertz CT molecular complexity index is 2620. The lowest BCUT2D eigenvalue weighted by Crippen LogP contribution is -2.44. The minimum Gasteiger partial charge on any atom is -0.460 e. The Morgan fingerprint density at radius 1 is 0.389 bits per heavy atom. The van der Waals surface area contributed by atoms with Crippen molar-refractivity contribution in [2.75, 3.05) is 26.3 Å². The zero-order valence-electron chi connectivity index (χ0n) is 59.3. The van der Waals surface area contributed by atoms with Crippen molar-refractivity contribution in [3.63, 3.8) is 0 Å². The molecule has 2 atom stereocenters. The van der Waals surface area contributed by atoms with Crippen LogP contribution in [0.25, 0.3) is 0 Å². The first-order chi connectivity index (χ1) is 41.8. The summed E-state index contributed by atoms with van der Waals surface area (Å²) < 4.78 is 32.2. The van der Waals surface area contributed by atoms with E-state index in [1.165, 1.54) is 22.3 Å². The van der Waals surface area contributed by atoms with Gasteiger partial charge >= 0.3 is 36.3 Å². The second kappa shape index (κ2) is 46.7. The van der Waals surface area contributed by atoms with Crippen LogP contribution in [0.4, 0.5) is 19.2 Å². The molecule has 0 saturated carbocycles. The number of hydrogen-bond acceptors (Lipinski definition) is 12. The average Bonchev–Trinajstić information content (AvgIpc) is 3.51. The molecule has 0 radical (unpaired) electrons. The summed E-state index contributed by atoms with van der Waals surface area (Å²) in [6.07, 6.45) is 41.4. The van der Waals surface area contributed by atoms with Gasteiger partial charge in [0.1, 0.15) is 47.7 Å². The number of esters is 2. The van der Waals surface area contributed by atoms with Crippen molar-refractivity contribution in [2.45, 2.75) is 251 Å². The molecule has 0 aromatic rings. The summed E-state index contributed by atoms with van der Waals surface area (Å²) in [5.41, 5.74) is 6.63. The Balaban J connectivity index is 0. The number of alkyl carbamates (subject to hydrolysis) is 4. The SMILES string of the molecule is C/C=C/C=C(\C)CC/C=C(\C)COC(=O)C(CCCCNC(=O)OC(C)(C)C)NC(=O)OC(C)(C)C.CC(C)=C/C=C/C(C)=C/C=C/C=C(C)/C=C/C=C(C)/C=C/C=C(\C)CC/C=C(\C)COC(=O)C(CCCCNC(=O)OC(C)(C)C)NC(=O)OC(C)(C)C. The fraction of sp³-hybridized carbons (Fsp3) is 0.568. The highest BCUT2D eigenvalue weighted by molar-refractivity contribution is 5.82. The van der Waals surface area contributed by atoms with Crippen molar-refractivity contribution in [1.82, 2.24) is 21.3 Å². The van der Waals surface area contributed by atoms with Gasteiger partial charge in [-0.2, -0.15) is 0 Å². The third-order valence-electron chi connectivity index (χ3n) is 11.7. The zero-order valence-corrected chi connectivity index (χ0v) is 59.3. The van der Waals surface area contributed by atoms with E-state index in [9.17, 15) is 28.8 Å². The Kier molecular flexibility index (Phi) is 43.9. The van der Waals surface area contributed by atoms with Gasteiger partial charge in [-0.05, 0) is 228 Å². The van der Waals surface area contributed by atoms with Gasteiger partial charge in [0.15, 0.2) is 0 Å². The third kappa shape index (κ3) is 55.9. The zero-order chi connectivity index (χ0) is 68.9. The number of amides is 4. The molecule has 0 aromatic carbocycles. The molecule has 0 aliphatic carbocycles. The van der Waals surface area contributed by atoms with Crippen LogP contribution in [0.1, 0.15) is 217 Å². The molecular weight excluding hydrogens is 1140 g/mol. The van der Waals surface area contributed by atoms with Crippen LogP contribution < -0.4 is 21.3 Å². The van der Waals surface area contributed by atoms with Crippen LogP contribution >= 0.6 is 0 Å². The molecule has 0 saturated heterocycles. The van der Waals surface area contributed by atoms with E-state index < -0.39 is 70.8 Å². The second-order valence-electron chi connectivity index (χ2n) is 26.6. The van der Waals surface area contributed by atoms with Crippen LogP contribution in [0.5, 0.6) is 0 Å². The van der Waals surface area contributed by atoms with E-state index >= 15 is 0 Å². The average molecular weight is 1260 g/mol. The van der Waals surface area contributed by atoms with Gasteiger partial charge in [-0.3, -0.25) is 0 Å². The monoisotopic (exact) mass is 1250 g/mol. The molecule has 90 heavy (non-hydrogen) atoms. The van der Waals surface area contributed by atoms with Gasteiger partial charge in [-0.25, -0.2) is 28.8 Å². The van der Waals surface area contributed by atoms with Gasteiger partial charge in [0.2, 0.25) is 0 Å². The van der Waals surface area contributed by atoms with E-state index in [0.29, 0.717) is 51.6 Å². The van der Waals surface area contributed by atoms with Crippen molar-refractivity contribution in [3.8, 4) is 0 Å². The first kappa shape index (κ1) is 84.7. The van der Waals surface area contributed by atoms with E-state index in [1.807, 2.05) is 39.0 Å². The van der Waals surface area contributed by atoms with E-state index in [2.05, 4.69) is 161 Å². The highest BCUT2D eigenvalue weighted by atomic mass is 16.6. The number of hydrogen-bond donors (Lipinski definition) is 4. The summed E-state index contributed by atoms with van der Waals surface area (Å²) >= 11 is 0. The number of carbonyl (C=O) groups is 6. The maximum atomic E-state index is 13.0. The third-order valence-corrected chi connectivity index (χ3v) is 11.7. The standard InChI is InChI=1S/C46H70N2O6.C28H48N2O6/c1-35(2)22-18-25-36(3)23-14-15-24-37(4)26-19-27-38(5)28-20-29-39(6)30-21-31-40(7)34-52-42(49)41(48-44(51)54-46(11,12)13)32-16-17-33-47-43(50)53-45(8,9)10;1-10-11-15-21(2)16-14-17-22(3)20-34-24(31)23(30-26(33)36-28(7,8)9)18-12-13-19-29-25(32)35-27(4,5)6/h14-15,18-20,22-29,31,41H,16-17,21,30,32-34H2,1-13H3,(H,47,50)(H,48,51);10-11,15,17,23H,12-14,16,18-20H2,1-9H3,(H,29,32)(H,30,33)/b15-14+,25-18+,26-19+,28-20+,36-23+,37-24+,38-27+,39-29+,40-31+;11-10+,21-15+,22-17+. The normalized spacial score (nSPS) is 14.3. The Morgan fingerprint density at radius 3 is 1.06 bits per heavy atom. The summed E-state index contributed by atoms with van der Waals surface area (Å²) in [6, 6.07) is -1.72. The molecule has 0 bridgehead atoms. The van der Waals surface area contributed by atoms with E-state index in [0.717, 1.165) is 48.0 Å². The molecule has 0 aliphatic heterocycles. The van der Waals surface area contributed by atoms with Gasteiger partial charge in [0.05, 0.1) is 0 Å². The maximum Gasteiger partial charge on any atom is 0.408 e. The van der Waals surface area contributed by atoms with Gasteiger partial charge < -0.3 is 49.7 Å². The van der Waals surface area contributed by atoms with Crippen molar-refractivity contribution in [3.05, 3.63) is 154 Å². The predicted octanol–water partition coefficient (Wildman–Crippen LogP) is 18.2. The number of rotatable bonds is 33.